The number of hydrogen-bond acceptors (Lipinski definition) is 3. The lowest BCUT2D eigenvalue weighted by atomic mass is 10.2. The first kappa shape index (κ1) is 15.8. The molecule has 0 radical (unpaired) electrons. The number of nitrogens with zero attached hydrogens (tertiary/aromatic N) is 3. The molecule has 118 valence electrons. The summed E-state index contributed by atoms with van der Waals surface area (Å²) in [6.45, 7) is 0.187. The van der Waals surface area contributed by atoms with Crippen LogP contribution in [0.3, 0.4) is 0 Å². The van der Waals surface area contributed by atoms with Crippen LogP contribution in [0, 0.1) is 12.3 Å². The van der Waals surface area contributed by atoms with Crippen LogP contribution in [-0.2, 0) is 6.54 Å². The molecule has 0 aliphatic carbocycles. The highest BCUT2D eigenvalue weighted by Crippen LogP contribution is 2.38. The lowest BCUT2D eigenvalue weighted by Crippen LogP contribution is -1.93. The van der Waals surface area contributed by atoms with Gasteiger partial charge in [0.1, 0.15) is 0 Å². The van der Waals surface area contributed by atoms with Gasteiger partial charge >= 0.3 is 0 Å². The summed E-state index contributed by atoms with van der Waals surface area (Å²) < 4.78 is 1.54. The van der Waals surface area contributed by atoms with Gasteiger partial charge in [-0.3, -0.25) is 9.36 Å². The minimum atomic E-state index is -0.528. The van der Waals surface area contributed by atoms with Gasteiger partial charge in [-0.05, 0) is 30.3 Å². The molecule has 24 heavy (non-hydrogen) atoms. The molecule has 6 heteroatoms. The van der Waals surface area contributed by atoms with Crippen LogP contribution in [0.4, 0.5) is 5.69 Å². The highest BCUT2D eigenvalue weighted by molar-refractivity contribution is 6.30. The van der Waals surface area contributed by atoms with Crippen molar-refractivity contribution in [1.29, 1.82) is 0 Å². The van der Waals surface area contributed by atoms with Gasteiger partial charge < -0.3 is 5.11 Å². The summed E-state index contributed by atoms with van der Waals surface area (Å²) >= 11 is 5.79. The van der Waals surface area contributed by atoms with E-state index in [4.69, 9.17) is 18.0 Å². The lowest BCUT2D eigenvalue weighted by molar-refractivity contribution is 0.0995. The maximum absolute atomic E-state index is 12.1. The second-order valence-electron chi connectivity index (χ2n) is 4.99. The number of halogens is 1. The zero-order valence-electron chi connectivity index (χ0n) is 12.5. The number of terminal acetylenes is 1. The van der Waals surface area contributed by atoms with E-state index in [0.717, 1.165) is 5.52 Å². The van der Waals surface area contributed by atoms with Crippen molar-refractivity contribution in [2.75, 3.05) is 0 Å². The van der Waals surface area contributed by atoms with E-state index in [1.165, 1.54) is 4.57 Å². The molecule has 3 aromatic rings. The quantitative estimate of drug-likeness (QED) is 0.562. The minimum Gasteiger partial charge on any atom is -0.493 e. The largest absolute Gasteiger partial charge is 0.493 e. The zero-order chi connectivity index (χ0) is 17.1. The highest BCUT2D eigenvalue weighted by atomic mass is 35.5. The van der Waals surface area contributed by atoms with Gasteiger partial charge in [0.2, 0.25) is 5.88 Å². The number of benzene rings is 2. The molecule has 0 bridgehead atoms. The molecule has 1 amide bonds. The highest BCUT2D eigenvalue weighted by Gasteiger charge is 2.16. The lowest BCUT2D eigenvalue weighted by Gasteiger charge is -2.00. The zero-order valence-corrected chi connectivity index (χ0v) is 13.2. The molecule has 0 unspecified atom stereocenters. The molecule has 3 rings (SSSR count). The van der Waals surface area contributed by atoms with Gasteiger partial charge in [0.15, 0.2) is 5.69 Å². The Balaban J connectivity index is 2.01. The van der Waals surface area contributed by atoms with Crippen LogP contribution in [0.25, 0.3) is 10.9 Å². The molecular weight excluding hydrogens is 326 g/mol. The Morgan fingerprint density at radius 2 is 1.92 bits per heavy atom. The van der Waals surface area contributed by atoms with Gasteiger partial charge in [-0.2, -0.15) is 0 Å². The second kappa shape index (κ2) is 6.57. The Morgan fingerprint density at radius 3 is 2.62 bits per heavy atom. The second-order valence-corrected chi connectivity index (χ2v) is 5.43. The Kier molecular flexibility index (Phi) is 4.32. The molecule has 0 spiro atoms. The first-order valence-corrected chi connectivity index (χ1v) is 7.45. The van der Waals surface area contributed by atoms with Crippen LogP contribution < -0.4 is 0 Å². The molecule has 0 fully saturated rings. The summed E-state index contributed by atoms with van der Waals surface area (Å²) in [7, 11) is 0. The number of fused-ring (bicyclic) bond motifs is 1. The molecule has 5 nitrogen and oxygen atoms in total. The Bertz CT molecular complexity index is 982. The van der Waals surface area contributed by atoms with Crippen LogP contribution in [0.15, 0.2) is 58.8 Å². The van der Waals surface area contributed by atoms with Crippen molar-refractivity contribution < 1.29 is 9.90 Å². The smallest absolute Gasteiger partial charge is 0.295 e. The van der Waals surface area contributed by atoms with Crippen LogP contribution >= 0.6 is 11.6 Å². The molecule has 1 aromatic heterocycles. The Morgan fingerprint density at radius 1 is 1.21 bits per heavy atom. The molecule has 1 heterocycles. The van der Waals surface area contributed by atoms with Crippen molar-refractivity contribution in [3.63, 3.8) is 0 Å². The third-order valence-electron chi connectivity index (χ3n) is 3.50. The molecule has 0 aliphatic rings. The SMILES string of the molecule is C#CCn1c(O)c(N=NC(=O)c2ccc(Cl)cc2)c2ccccc21. The number of carbonyl (C=O) groups excluding carboxylic acids is 1. The summed E-state index contributed by atoms with van der Waals surface area (Å²) in [5.74, 6) is 1.83. The van der Waals surface area contributed by atoms with Crippen LogP contribution in [-0.4, -0.2) is 15.6 Å². The third kappa shape index (κ3) is 2.87. The van der Waals surface area contributed by atoms with E-state index in [-0.39, 0.29) is 18.1 Å². The molecule has 1 N–H and O–H groups in total. The third-order valence-corrected chi connectivity index (χ3v) is 3.75. The topological polar surface area (TPSA) is 66.9 Å². The van der Waals surface area contributed by atoms with Crippen LogP contribution in [0.1, 0.15) is 10.4 Å². The number of aromatic nitrogens is 1. The van der Waals surface area contributed by atoms with E-state index >= 15 is 0 Å². The maximum Gasteiger partial charge on any atom is 0.295 e. The molecule has 0 aliphatic heterocycles. The molecule has 0 atom stereocenters. The van der Waals surface area contributed by atoms with E-state index in [1.54, 1.807) is 30.3 Å². The normalized spacial score (nSPS) is 11.0. The van der Waals surface area contributed by atoms with E-state index in [2.05, 4.69) is 16.1 Å². The molecule has 0 saturated carbocycles. The van der Waals surface area contributed by atoms with Gasteiger partial charge in [-0.1, -0.05) is 35.7 Å². The summed E-state index contributed by atoms with van der Waals surface area (Å²) in [5.41, 5.74) is 1.29. The number of azo groups is 1. The molecule has 0 saturated heterocycles. The predicted molar refractivity (Wildman–Crippen MR) is 92.7 cm³/mol. The maximum atomic E-state index is 12.1. The average Bonchev–Trinajstić information content (AvgIpc) is 2.86. The number of rotatable bonds is 3. The summed E-state index contributed by atoms with van der Waals surface area (Å²) in [6, 6.07) is 13.5. The van der Waals surface area contributed by atoms with Gasteiger partial charge in [0, 0.05) is 16.0 Å². The number of carbonyl (C=O) groups is 1. The Labute approximate surface area is 143 Å². The minimum absolute atomic E-state index is 0.123. The standard InChI is InChI=1S/C18H12ClN3O2/c1-2-11-22-15-6-4-3-5-14(15)16(18(22)24)20-21-17(23)12-7-9-13(19)10-8-12/h1,3-10,24H,11H2. The van der Waals surface area contributed by atoms with Gasteiger partial charge in [0.05, 0.1) is 12.1 Å². The average molecular weight is 338 g/mol. The van der Waals surface area contributed by atoms with Crippen LogP contribution in [0.2, 0.25) is 5.02 Å². The van der Waals surface area contributed by atoms with Crippen molar-refractivity contribution in [1.82, 2.24) is 4.57 Å². The van der Waals surface area contributed by atoms with Crippen molar-refractivity contribution >= 4 is 34.1 Å². The van der Waals surface area contributed by atoms with E-state index in [1.807, 2.05) is 18.2 Å². The summed E-state index contributed by atoms with van der Waals surface area (Å²) in [5, 5.41) is 19.2. The van der Waals surface area contributed by atoms with E-state index in [0.29, 0.717) is 16.0 Å². The monoisotopic (exact) mass is 337 g/mol. The first-order chi connectivity index (χ1) is 11.6. The Hall–Kier alpha value is -3.10. The van der Waals surface area contributed by atoms with Gasteiger partial charge in [-0.15, -0.1) is 16.7 Å². The van der Waals surface area contributed by atoms with E-state index in [9.17, 15) is 9.90 Å². The van der Waals surface area contributed by atoms with Gasteiger partial charge in [-0.25, -0.2) is 0 Å². The summed E-state index contributed by atoms with van der Waals surface area (Å²) in [4.78, 5) is 12.1. The van der Waals surface area contributed by atoms with Crippen molar-refractivity contribution in [3.8, 4) is 18.2 Å². The fourth-order valence-corrected chi connectivity index (χ4v) is 2.49. The van der Waals surface area contributed by atoms with Crippen LogP contribution in [0.5, 0.6) is 5.88 Å². The summed E-state index contributed by atoms with van der Waals surface area (Å²) in [6.07, 6.45) is 5.34. The van der Waals surface area contributed by atoms with E-state index < -0.39 is 5.91 Å². The predicted octanol–water partition coefficient (Wildman–Crippen LogP) is 4.56. The van der Waals surface area contributed by atoms with Crippen molar-refractivity contribution in [3.05, 3.63) is 59.1 Å². The number of amides is 1. The van der Waals surface area contributed by atoms with Crippen molar-refractivity contribution in [2.45, 2.75) is 6.54 Å². The fourth-order valence-electron chi connectivity index (χ4n) is 2.37. The fraction of sp³-hybridized carbons (Fsp3) is 0.0556. The van der Waals surface area contributed by atoms with Crippen molar-refractivity contribution in [2.24, 2.45) is 10.2 Å². The number of hydrogen-bond donors (Lipinski definition) is 1. The molecule has 2 aromatic carbocycles. The number of para-hydroxylation sites is 1. The molecular formula is C18H12ClN3O2. The first-order valence-electron chi connectivity index (χ1n) is 7.07. The number of aromatic hydroxyl groups is 1. The van der Waals surface area contributed by atoms with Gasteiger partial charge in [0.25, 0.3) is 5.91 Å².